The van der Waals surface area contributed by atoms with Gasteiger partial charge in [-0.2, -0.15) is 0 Å². The summed E-state index contributed by atoms with van der Waals surface area (Å²) in [5.74, 6) is 0.956. The van der Waals surface area contributed by atoms with Gasteiger partial charge in [0.15, 0.2) is 0 Å². The van der Waals surface area contributed by atoms with Crippen LogP contribution >= 0.6 is 0 Å². The number of anilines is 1. The molecule has 2 rings (SSSR count). The van der Waals surface area contributed by atoms with Crippen LogP contribution in [0.4, 0.5) is 5.69 Å². The van der Waals surface area contributed by atoms with Gasteiger partial charge in [0.25, 0.3) is 0 Å². The van der Waals surface area contributed by atoms with Gasteiger partial charge < -0.3 is 15.4 Å². The fraction of sp³-hybridized carbons (Fsp3) is 0.538. The third-order valence-electron chi connectivity index (χ3n) is 2.74. The number of ether oxygens (including phenoxy) is 1. The summed E-state index contributed by atoms with van der Waals surface area (Å²) in [6.45, 7) is 5.07. The van der Waals surface area contributed by atoms with Crippen molar-refractivity contribution in [3.63, 3.8) is 0 Å². The van der Waals surface area contributed by atoms with Gasteiger partial charge in [0.2, 0.25) is 0 Å². The van der Waals surface area contributed by atoms with Gasteiger partial charge in [-0.25, -0.2) is 0 Å². The Morgan fingerprint density at radius 2 is 2.44 bits per heavy atom. The maximum Gasteiger partial charge on any atom is 0.121 e. The maximum atomic E-state index is 5.60. The Morgan fingerprint density at radius 1 is 1.50 bits per heavy atom. The van der Waals surface area contributed by atoms with Gasteiger partial charge in [-0.1, -0.05) is 13.0 Å². The van der Waals surface area contributed by atoms with Crippen molar-refractivity contribution in [2.45, 2.75) is 25.8 Å². The molecule has 1 saturated heterocycles. The number of rotatable bonds is 5. The molecule has 1 heterocycles. The summed E-state index contributed by atoms with van der Waals surface area (Å²) in [6.07, 6.45) is 2.24. The smallest absolute Gasteiger partial charge is 0.121 e. The molecule has 3 heteroatoms. The van der Waals surface area contributed by atoms with Crippen molar-refractivity contribution in [2.24, 2.45) is 0 Å². The number of hydrogen-bond donors (Lipinski definition) is 2. The van der Waals surface area contributed by atoms with E-state index in [0.29, 0.717) is 6.04 Å². The molecule has 1 fully saturated rings. The third-order valence-corrected chi connectivity index (χ3v) is 2.74. The highest BCUT2D eigenvalue weighted by Crippen LogP contribution is 2.19. The molecule has 2 N–H and O–H groups in total. The lowest BCUT2D eigenvalue weighted by Crippen LogP contribution is -2.21. The quantitative estimate of drug-likeness (QED) is 0.798. The zero-order valence-electron chi connectivity index (χ0n) is 9.83. The largest absolute Gasteiger partial charge is 0.494 e. The van der Waals surface area contributed by atoms with Crippen LogP contribution in [0.3, 0.4) is 0 Å². The average Bonchev–Trinajstić information content (AvgIpc) is 2.80. The molecule has 0 spiro atoms. The monoisotopic (exact) mass is 220 g/mol. The van der Waals surface area contributed by atoms with E-state index in [2.05, 4.69) is 29.7 Å². The van der Waals surface area contributed by atoms with Crippen LogP contribution in [0, 0.1) is 0 Å². The van der Waals surface area contributed by atoms with Gasteiger partial charge in [-0.05, 0) is 31.5 Å². The fourth-order valence-electron chi connectivity index (χ4n) is 1.91. The molecular formula is C13H20N2O. The summed E-state index contributed by atoms with van der Waals surface area (Å²) in [5.41, 5.74) is 1.15. The van der Waals surface area contributed by atoms with Crippen LogP contribution in [0.25, 0.3) is 0 Å². The third kappa shape index (κ3) is 3.14. The predicted molar refractivity (Wildman–Crippen MR) is 67.1 cm³/mol. The summed E-state index contributed by atoms with van der Waals surface area (Å²) in [6, 6.07) is 8.77. The van der Waals surface area contributed by atoms with E-state index in [9.17, 15) is 0 Å². The molecule has 16 heavy (non-hydrogen) atoms. The molecule has 1 aromatic rings. The average molecular weight is 220 g/mol. The molecular weight excluding hydrogens is 200 g/mol. The second kappa shape index (κ2) is 5.75. The zero-order chi connectivity index (χ0) is 11.2. The fourth-order valence-corrected chi connectivity index (χ4v) is 1.91. The molecule has 0 saturated carbocycles. The lowest BCUT2D eigenvalue weighted by Gasteiger charge is -2.14. The lowest BCUT2D eigenvalue weighted by molar-refractivity contribution is 0.317. The van der Waals surface area contributed by atoms with Crippen LogP contribution in [0.15, 0.2) is 24.3 Å². The number of nitrogens with one attached hydrogen (secondary N) is 2. The molecule has 1 atom stereocenters. The summed E-state index contributed by atoms with van der Waals surface area (Å²) in [7, 11) is 0. The van der Waals surface area contributed by atoms with Crippen LogP contribution < -0.4 is 15.4 Å². The Labute approximate surface area is 97.2 Å². The SMILES string of the molecule is CCCOc1cccc(NC2CCNC2)c1. The minimum atomic E-state index is 0.557. The molecule has 1 unspecified atom stereocenters. The Morgan fingerprint density at radius 3 is 3.19 bits per heavy atom. The van der Waals surface area contributed by atoms with E-state index in [0.717, 1.165) is 37.6 Å². The maximum absolute atomic E-state index is 5.60. The van der Waals surface area contributed by atoms with Crippen LogP contribution in [0.1, 0.15) is 19.8 Å². The van der Waals surface area contributed by atoms with Gasteiger partial charge in [0, 0.05) is 24.3 Å². The van der Waals surface area contributed by atoms with Crippen molar-refractivity contribution in [1.82, 2.24) is 5.32 Å². The first-order valence-corrected chi connectivity index (χ1v) is 6.08. The Hall–Kier alpha value is -1.22. The van der Waals surface area contributed by atoms with Crippen LogP contribution in [0.2, 0.25) is 0 Å². The molecule has 0 aliphatic carbocycles. The van der Waals surface area contributed by atoms with E-state index in [1.807, 2.05) is 12.1 Å². The first-order chi connectivity index (χ1) is 7.88. The van der Waals surface area contributed by atoms with Crippen LogP contribution in [0.5, 0.6) is 5.75 Å². The van der Waals surface area contributed by atoms with Crippen molar-refractivity contribution < 1.29 is 4.74 Å². The molecule has 3 nitrogen and oxygen atoms in total. The van der Waals surface area contributed by atoms with E-state index >= 15 is 0 Å². The highest BCUT2D eigenvalue weighted by molar-refractivity contribution is 5.49. The van der Waals surface area contributed by atoms with E-state index < -0.39 is 0 Å². The molecule has 88 valence electrons. The van der Waals surface area contributed by atoms with E-state index in [-0.39, 0.29) is 0 Å². The first kappa shape index (κ1) is 11.3. The van der Waals surface area contributed by atoms with Crippen molar-refractivity contribution in [3.8, 4) is 5.75 Å². The summed E-state index contributed by atoms with van der Waals surface area (Å²) in [4.78, 5) is 0. The Kier molecular flexibility index (Phi) is 4.05. The summed E-state index contributed by atoms with van der Waals surface area (Å²) in [5, 5.41) is 6.86. The molecule has 0 amide bonds. The van der Waals surface area contributed by atoms with E-state index in [1.54, 1.807) is 0 Å². The standard InChI is InChI=1S/C13H20N2O/c1-2-8-16-13-5-3-4-11(9-13)15-12-6-7-14-10-12/h3-5,9,12,14-15H,2,6-8,10H2,1H3. The molecule has 0 aromatic heterocycles. The summed E-state index contributed by atoms with van der Waals surface area (Å²) >= 11 is 0. The molecule has 1 aliphatic heterocycles. The molecule has 1 aromatic carbocycles. The molecule has 0 bridgehead atoms. The lowest BCUT2D eigenvalue weighted by atomic mass is 10.2. The van der Waals surface area contributed by atoms with Gasteiger partial charge in [0.1, 0.15) is 5.75 Å². The highest BCUT2D eigenvalue weighted by Gasteiger charge is 2.13. The van der Waals surface area contributed by atoms with Gasteiger partial charge in [0.05, 0.1) is 6.61 Å². The van der Waals surface area contributed by atoms with Crippen molar-refractivity contribution in [3.05, 3.63) is 24.3 Å². The Balaban J connectivity index is 1.92. The van der Waals surface area contributed by atoms with Crippen molar-refractivity contribution in [2.75, 3.05) is 25.0 Å². The zero-order valence-corrected chi connectivity index (χ0v) is 9.83. The normalized spacial score (nSPS) is 19.7. The van der Waals surface area contributed by atoms with Crippen molar-refractivity contribution in [1.29, 1.82) is 0 Å². The predicted octanol–water partition coefficient (Wildman–Crippen LogP) is 2.25. The Bertz CT molecular complexity index is 321. The van der Waals surface area contributed by atoms with Crippen molar-refractivity contribution >= 4 is 5.69 Å². The van der Waals surface area contributed by atoms with E-state index in [1.165, 1.54) is 6.42 Å². The topological polar surface area (TPSA) is 33.3 Å². The summed E-state index contributed by atoms with van der Waals surface area (Å²) < 4.78 is 5.60. The van der Waals surface area contributed by atoms with Crippen LogP contribution in [-0.4, -0.2) is 25.7 Å². The molecule has 1 aliphatic rings. The minimum Gasteiger partial charge on any atom is -0.494 e. The van der Waals surface area contributed by atoms with Gasteiger partial charge >= 0.3 is 0 Å². The highest BCUT2D eigenvalue weighted by atomic mass is 16.5. The van der Waals surface area contributed by atoms with Gasteiger partial charge in [-0.3, -0.25) is 0 Å². The molecule has 0 radical (unpaired) electrons. The van der Waals surface area contributed by atoms with E-state index in [4.69, 9.17) is 4.74 Å². The van der Waals surface area contributed by atoms with Crippen LogP contribution in [-0.2, 0) is 0 Å². The second-order valence-electron chi connectivity index (χ2n) is 4.21. The second-order valence-corrected chi connectivity index (χ2v) is 4.21. The number of hydrogen-bond acceptors (Lipinski definition) is 3. The first-order valence-electron chi connectivity index (χ1n) is 6.08. The van der Waals surface area contributed by atoms with Gasteiger partial charge in [-0.15, -0.1) is 0 Å². The number of benzene rings is 1. The minimum absolute atomic E-state index is 0.557.